The Labute approximate surface area is 124 Å². The van der Waals surface area contributed by atoms with Crippen molar-refractivity contribution in [2.75, 3.05) is 18.0 Å². The number of nitrogens with zero attached hydrogens (tertiary/aromatic N) is 3. The third-order valence-corrected chi connectivity index (χ3v) is 4.25. The van der Waals surface area contributed by atoms with E-state index in [-0.39, 0.29) is 0 Å². The van der Waals surface area contributed by atoms with E-state index in [9.17, 15) is 5.26 Å². The second-order valence-corrected chi connectivity index (χ2v) is 5.66. The van der Waals surface area contributed by atoms with Gasteiger partial charge >= 0.3 is 0 Å². The molecule has 2 heterocycles. The van der Waals surface area contributed by atoms with E-state index in [0.717, 1.165) is 43.2 Å². The summed E-state index contributed by atoms with van der Waals surface area (Å²) < 4.78 is 0.449. The van der Waals surface area contributed by atoms with Crippen LogP contribution in [-0.4, -0.2) is 18.1 Å². The summed E-state index contributed by atoms with van der Waals surface area (Å²) in [5.41, 5.74) is 1.79. The SMILES string of the molecule is [C-]#[N+]c1c(N2CCC(C)CC2)[nH]c(=S)c(C#N)c1CC. The highest BCUT2D eigenvalue weighted by atomic mass is 32.1. The molecule has 0 amide bonds. The highest BCUT2D eigenvalue weighted by Crippen LogP contribution is 2.35. The van der Waals surface area contributed by atoms with Crippen LogP contribution in [0.3, 0.4) is 0 Å². The van der Waals surface area contributed by atoms with Crippen molar-refractivity contribution in [1.29, 1.82) is 5.26 Å². The molecular formula is C15H18N4S. The van der Waals surface area contributed by atoms with E-state index >= 15 is 0 Å². The number of hydrogen-bond acceptors (Lipinski definition) is 3. The van der Waals surface area contributed by atoms with Crippen molar-refractivity contribution in [3.05, 3.63) is 27.2 Å². The first-order valence-corrected chi connectivity index (χ1v) is 7.34. The van der Waals surface area contributed by atoms with E-state index in [1.165, 1.54) is 0 Å². The number of nitrogens with one attached hydrogen (secondary N) is 1. The molecule has 0 radical (unpaired) electrons. The predicted octanol–water partition coefficient (Wildman–Crippen LogP) is 3.97. The van der Waals surface area contributed by atoms with Crippen LogP contribution in [-0.2, 0) is 6.42 Å². The fourth-order valence-corrected chi connectivity index (χ4v) is 2.94. The van der Waals surface area contributed by atoms with Gasteiger partial charge in [-0.2, -0.15) is 5.26 Å². The highest BCUT2D eigenvalue weighted by molar-refractivity contribution is 7.71. The van der Waals surface area contributed by atoms with Crippen LogP contribution >= 0.6 is 12.2 Å². The smallest absolute Gasteiger partial charge is 0.230 e. The molecule has 2 rings (SSSR count). The van der Waals surface area contributed by atoms with Gasteiger partial charge in [-0.3, -0.25) is 0 Å². The summed E-state index contributed by atoms with van der Waals surface area (Å²) in [6.45, 7) is 13.5. The minimum absolute atomic E-state index is 0.447. The largest absolute Gasteiger partial charge is 0.367 e. The molecule has 0 aromatic carbocycles. The summed E-state index contributed by atoms with van der Waals surface area (Å²) in [7, 11) is 0. The van der Waals surface area contributed by atoms with Gasteiger partial charge in [0.2, 0.25) is 5.69 Å². The Bertz CT molecular complexity index is 640. The molecule has 1 fully saturated rings. The molecule has 1 saturated heterocycles. The number of rotatable bonds is 2. The van der Waals surface area contributed by atoms with E-state index in [1.807, 2.05) is 6.92 Å². The zero-order valence-electron chi connectivity index (χ0n) is 11.9. The third kappa shape index (κ3) is 2.55. The third-order valence-electron chi connectivity index (χ3n) is 3.95. The molecule has 1 aliphatic rings. The second kappa shape index (κ2) is 6.07. The Balaban J connectivity index is 2.55. The first-order valence-electron chi connectivity index (χ1n) is 6.94. The van der Waals surface area contributed by atoms with Crippen molar-refractivity contribution >= 4 is 23.7 Å². The molecule has 1 aliphatic heterocycles. The van der Waals surface area contributed by atoms with Crippen LogP contribution in [0.1, 0.15) is 37.8 Å². The lowest BCUT2D eigenvalue weighted by Gasteiger charge is -2.33. The highest BCUT2D eigenvalue weighted by Gasteiger charge is 2.22. The zero-order valence-corrected chi connectivity index (χ0v) is 12.7. The number of nitriles is 1. The first kappa shape index (κ1) is 14.6. The van der Waals surface area contributed by atoms with E-state index in [4.69, 9.17) is 18.8 Å². The maximum atomic E-state index is 9.23. The minimum Gasteiger partial charge on any atom is -0.367 e. The van der Waals surface area contributed by atoms with Crippen LogP contribution in [0.2, 0.25) is 0 Å². The van der Waals surface area contributed by atoms with Crippen LogP contribution in [0.4, 0.5) is 11.5 Å². The lowest BCUT2D eigenvalue weighted by Crippen LogP contribution is -2.33. The topological polar surface area (TPSA) is 47.2 Å². The molecule has 0 bridgehead atoms. The van der Waals surface area contributed by atoms with Crippen LogP contribution in [0.25, 0.3) is 4.85 Å². The molecule has 0 aliphatic carbocycles. The Hall–Kier alpha value is -1.85. The maximum Gasteiger partial charge on any atom is 0.230 e. The van der Waals surface area contributed by atoms with Gasteiger partial charge in [-0.1, -0.05) is 26.1 Å². The molecule has 0 spiro atoms. The van der Waals surface area contributed by atoms with Crippen molar-refractivity contribution in [3.63, 3.8) is 0 Å². The van der Waals surface area contributed by atoms with E-state index in [0.29, 0.717) is 22.3 Å². The van der Waals surface area contributed by atoms with E-state index in [1.54, 1.807) is 0 Å². The van der Waals surface area contributed by atoms with E-state index in [2.05, 4.69) is 27.7 Å². The molecule has 1 N–H and O–H groups in total. The fraction of sp³-hybridized carbons (Fsp3) is 0.533. The van der Waals surface area contributed by atoms with Gasteiger partial charge in [0, 0.05) is 13.1 Å². The normalized spacial score (nSPS) is 15.7. The molecule has 104 valence electrons. The van der Waals surface area contributed by atoms with Crippen molar-refractivity contribution in [1.82, 2.24) is 4.98 Å². The average molecular weight is 286 g/mol. The van der Waals surface area contributed by atoms with Crippen molar-refractivity contribution in [2.45, 2.75) is 33.1 Å². The lowest BCUT2D eigenvalue weighted by atomic mass is 9.98. The molecule has 20 heavy (non-hydrogen) atoms. The van der Waals surface area contributed by atoms with Gasteiger partial charge in [0.25, 0.3) is 0 Å². The Kier molecular flexibility index (Phi) is 4.42. The number of aromatic nitrogens is 1. The predicted molar refractivity (Wildman–Crippen MR) is 82.6 cm³/mol. The summed E-state index contributed by atoms with van der Waals surface area (Å²) in [6.07, 6.45) is 2.90. The van der Waals surface area contributed by atoms with Crippen molar-refractivity contribution in [2.24, 2.45) is 5.92 Å². The number of H-pyrrole nitrogens is 1. The monoisotopic (exact) mass is 286 g/mol. The Morgan fingerprint density at radius 2 is 2.15 bits per heavy atom. The fourth-order valence-electron chi connectivity index (χ4n) is 2.67. The van der Waals surface area contributed by atoms with E-state index < -0.39 is 0 Å². The molecule has 5 heteroatoms. The van der Waals surface area contributed by atoms with Gasteiger partial charge in [0.1, 0.15) is 16.5 Å². The molecule has 0 unspecified atom stereocenters. The summed E-state index contributed by atoms with van der Waals surface area (Å²) in [5, 5.41) is 9.23. The Morgan fingerprint density at radius 1 is 1.50 bits per heavy atom. The summed E-state index contributed by atoms with van der Waals surface area (Å²) in [6, 6.07) is 2.13. The first-order chi connectivity index (χ1) is 9.62. The van der Waals surface area contributed by atoms with Crippen LogP contribution < -0.4 is 4.90 Å². The number of pyridine rings is 1. The van der Waals surface area contributed by atoms with Crippen molar-refractivity contribution < 1.29 is 0 Å². The van der Waals surface area contributed by atoms with Gasteiger partial charge < -0.3 is 9.88 Å². The van der Waals surface area contributed by atoms with Crippen LogP contribution in [0.5, 0.6) is 0 Å². The standard InChI is InChI=1S/C15H18N4S/c1-4-11-12(9-16)15(20)18-14(13(11)17-3)19-7-5-10(2)6-8-19/h10H,4-8H2,1-2H3,(H,18,20). The summed E-state index contributed by atoms with van der Waals surface area (Å²) in [4.78, 5) is 8.97. The van der Waals surface area contributed by atoms with Gasteiger partial charge in [-0.15, -0.1) is 0 Å². The quantitative estimate of drug-likeness (QED) is 0.661. The average Bonchev–Trinajstić information content (AvgIpc) is 2.46. The van der Waals surface area contributed by atoms with Crippen molar-refractivity contribution in [3.8, 4) is 6.07 Å². The molecule has 0 atom stereocenters. The Morgan fingerprint density at radius 3 is 2.65 bits per heavy atom. The number of piperidine rings is 1. The number of aromatic amines is 1. The lowest BCUT2D eigenvalue weighted by molar-refractivity contribution is 0.437. The summed E-state index contributed by atoms with van der Waals surface area (Å²) in [5.74, 6) is 1.53. The van der Waals surface area contributed by atoms with Gasteiger partial charge in [-0.25, -0.2) is 4.85 Å². The summed E-state index contributed by atoms with van der Waals surface area (Å²) >= 11 is 5.28. The molecular weight excluding hydrogens is 268 g/mol. The maximum absolute atomic E-state index is 9.23. The minimum atomic E-state index is 0.447. The molecule has 4 nitrogen and oxygen atoms in total. The second-order valence-electron chi connectivity index (χ2n) is 5.25. The number of anilines is 1. The molecule has 1 aromatic heterocycles. The van der Waals surface area contributed by atoms with Crippen LogP contribution in [0, 0.1) is 28.5 Å². The number of hydrogen-bond donors (Lipinski definition) is 1. The zero-order chi connectivity index (χ0) is 14.7. The molecule has 0 saturated carbocycles. The van der Waals surface area contributed by atoms with Gasteiger partial charge in [0.15, 0.2) is 0 Å². The van der Waals surface area contributed by atoms with Crippen LogP contribution in [0.15, 0.2) is 0 Å². The van der Waals surface area contributed by atoms with Gasteiger partial charge in [0.05, 0.1) is 12.1 Å². The molecule has 1 aromatic rings. The van der Waals surface area contributed by atoms with Gasteiger partial charge in [-0.05, 0) is 30.7 Å².